The second kappa shape index (κ2) is 6.67. The standard InChI is InChI=1S/C21H22N2O4S/c1-12-7-5-8-13(11-12)23-20(28)22-17-14-9-6-10-15(25-3)18(14)27-21(23,2)16(17)19(24)26-4/h5-11,16-17H,1-4H3,(H,22,28). The maximum Gasteiger partial charge on any atom is 0.317 e. The quantitative estimate of drug-likeness (QED) is 0.629. The van der Waals surface area contributed by atoms with Gasteiger partial charge in [-0.05, 0) is 49.8 Å². The van der Waals surface area contributed by atoms with Crippen LogP contribution in [0.3, 0.4) is 0 Å². The van der Waals surface area contributed by atoms with E-state index in [-0.39, 0.29) is 12.0 Å². The Hall–Kier alpha value is -2.80. The van der Waals surface area contributed by atoms with Crippen molar-refractivity contribution in [1.29, 1.82) is 0 Å². The Labute approximate surface area is 169 Å². The molecule has 0 aromatic heterocycles. The molecule has 2 aromatic rings. The van der Waals surface area contributed by atoms with E-state index >= 15 is 0 Å². The summed E-state index contributed by atoms with van der Waals surface area (Å²) in [5.41, 5.74) is 1.65. The van der Waals surface area contributed by atoms with Gasteiger partial charge in [-0.3, -0.25) is 9.69 Å². The zero-order valence-electron chi connectivity index (χ0n) is 16.2. The minimum atomic E-state index is -1.09. The molecule has 146 valence electrons. The van der Waals surface area contributed by atoms with Crippen molar-refractivity contribution in [2.24, 2.45) is 5.92 Å². The molecule has 1 saturated heterocycles. The number of fused-ring (bicyclic) bond motifs is 4. The van der Waals surface area contributed by atoms with Crippen molar-refractivity contribution in [3.05, 3.63) is 53.6 Å². The fourth-order valence-corrected chi connectivity index (χ4v) is 4.59. The predicted octanol–water partition coefficient (Wildman–Crippen LogP) is 3.34. The van der Waals surface area contributed by atoms with Gasteiger partial charge in [0.2, 0.25) is 5.72 Å². The van der Waals surface area contributed by atoms with Crippen LogP contribution in [0.5, 0.6) is 11.5 Å². The molecule has 4 rings (SSSR count). The number of para-hydroxylation sites is 1. The van der Waals surface area contributed by atoms with Crippen LogP contribution in [0.4, 0.5) is 5.69 Å². The smallest absolute Gasteiger partial charge is 0.317 e. The first-order valence-electron chi connectivity index (χ1n) is 9.02. The van der Waals surface area contributed by atoms with Gasteiger partial charge >= 0.3 is 5.97 Å². The lowest BCUT2D eigenvalue weighted by Crippen LogP contribution is -2.71. The highest BCUT2D eigenvalue weighted by molar-refractivity contribution is 7.80. The third-order valence-corrected chi connectivity index (χ3v) is 5.72. The molecule has 0 radical (unpaired) electrons. The van der Waals surface area contributed by atoms with Crippen molar-refractivity contribution in [1.82, 2.24) is 5.32 Å². The summed E-state index contributed by atoms with van der Waals surface area (Å²) in [5, 5.41) is 3.83. The summed E-state index contributed by atoms with van der Waals surface area (Å²) in [7, 11) is 2.98. The van der Waals surface area contributed by atoms with Crippen LogP contribution in [-0.4, -0.2) is 31.0 Å². The van der Waals surface area contributed by atoms with E-state index in [1.165, 1.54) is 7.11 Å². The van der Waals surface area contributed by atoms with E-state index in [4.69, 9.17) is 26.4 Å². The topological polar surface area (TPSA) is 60.0 Å². The summed E-state index contributed by atoms with van der Waals surface area (Å²) in [6.45, 7) is 3.87. The Morgan fingerprint density at radius 3 is 2.68 bits per heavy atom. The van der Waals surface area contributed by atoms with E-state index in [1.54, 1.807) is 7.11 Å². The highest BCUT2D eigenvalue weighted by Gasteiger charge is 2.60. The number of esters is 1. The van der Waals surface area contributed by atoms with Crippen molar-refractivity contribution in [3.63, 3.8) is 0 Å². The minimum Gasteiger partial charge on any atom is -0.493 e. The lowest BCUT2D eigenvalue weighted by molar-refractivity contribution is -0.157. The number of rotatable bonds is 3. The SMILES string of the molecule is COC(=O)C1C2NC(=S)N(c3cccc(C)c3)C1(C)Oc1c(OC)cccc12. The molecule has 2 bridgehead atoms. The maximum atomic E-state index is 12.9. The molecule has 1 N–H and O–H groups in total. The first-order chi connectivity index (χ1) is 13.4. The molecule has 7 heteroatoms. The largest absolute Gasteiger partial charge is 0.493 e. The van der Waals surface area contributed by atoms with Crippen LogP contribution in [0.2, 0.25) is 0 Å². The van der Waals surface area contributed by atoms with Crippen LogP contribution in [0.25, 0.3) is 0 Å². The third kappa shape index (κ3) is 2.61. The summed E-state index contributed by atoms with van der Waals surface area (Å²) in [6.07, 6.45) is 0. The van der Waals surface area contributed by atoms with E-state index < -0.39 is 11.6 Å². The van der Waals surface area contributed by atoms with Gasteiger partial charge in [0, 0.05) is 11.3 Å². The number of methoxy groups -OCH3 is 2. The van der Waals surface area contributed by atoms with E-state index in [0.717, 1.165) is 16.8 Å². The lowest BCUT2D eigenvalue weighted by atomic mass is 9.79. The van der Waals surface area contributed by atoms with Gasteiger partial charge in [0.15, 0.2) is 16.6 Å². The third-order valence-electron chi connectivity index (χ3n) is 5.42. The first-order valence-corrected chi connectivity index (χ1v) is 9.42. The number of benzene rings is 2. The first kappa shape index (κ1) is 18.6. The van der Waals surface area contributed by atoms with Crippen LogP contribution < -0.4 is 19.7 Å². The van der Waals surface area contributed by atoms with Crippen molar-refractivity contribution >= 4 is 29.0 Å². The summed E-state index contributed by atoms with van der Waals surface area (Å²) < 4.78 is 17.2. The van der Waals surface area contributed by atoms with E-state index in [1.807, 2.05) is 61.2 Å². The van der Waals surface area contributed by atoms with Crippen molar-refractivity contribution in [2.45, 2.75) is 25.6 Å². The molecular formula is C21H22N2O4S. The highest BCUT2D eigenvalue weighted by atomic mass is 32.1. The predicted molar refractivity (Wildman–Crippen MR) is 110 cm³/mol. The molecule has 2 aliphatic heterocycles. The molecule has 0 saturated carbocycles. The average Bonchev–Trinajstić information content (AvgIpc) is 2.66. The van der Waals surface area contributed by atoms with Crippen LogP contribution in [0, 0.1) is 12.8 Å². The van der Waals surface area contributed by atoms with E-state index in [2.05, 4.69) is 5.32 Å². The molecule has 0 aliphatic carbocycles. The number of nitrogens with zero attached hydrogens (tertiary/aromatic N) is 1. The lowest BCUT2D eigenvalue weighted by Gasteiger charge is -2.55. The second-order valence-electron chi connectivity index (χ2n) is 7.14. The number of ether oxygens (including phenoxy) is 3. The summed E-state index contributed by atoms with van der Waals surface area (Å²) >= 11 is 5.70. The molecule has 2 heterocycles. The molecule has 2 aromatic carbocycles. The Bertz CT molecular complexity index is 963. The summed E-state index contributed by atoms with van der Waals surface area (Å²) in [4.78, 5) is 14.7. The molecule has 28 heavy (non-hydrogen) atoms. The fraction of sp³-hybridized carbons (Fsp3) is 0.333. The molecule has 0 spiro atoms. The normalized spacial score (nSPS) is 25.3. The van der Waals surface area contributed by atoms with Crippen molar-refractivity contribution in [3.8, 4) is 11.5 Å². The van der Waals surface area contributed by atoms with Crippen LogP contribution >= 0.6 is 12.2 Å². The van der Waals surface area contributed by atoms with Gasteiger partial charge in [0.1, 0.15) is 5.92 Å². The number of carbonyl (C=O) groups is 1. The molecule has 3 unspecified atom stereocenters. The van der Waals surface area contributed by atoms with Gasteiger partial charge in [0.05, 0.1) is 20.3 Å². The second-order valence-corrected chi connectivity index (χ2v) is 7.52. The van der Waals surface area contributed by atoms with Crippen LogP contribution in [0.1, 0.15) is 24.1 Å². The Morgan fingerprint density at radius 2 is 2.00 bits per heavy atom. The van der Waals surface area contributed by atoms with Gasteiger partial charge in [-0.2, -0.15) is 0 Å². The number of aryl methyl sites for hydroxylation is 1. The van der Waals surface area contributed by atoms with Gasteiger partial charge < -0.3 is 19.5 Å². The molecule has 2 aliphatic rings. The molecule has 0 amide bonds. The van der Waals surface area contributed by atoms with Crippen LogP contribution in [0.15, 0.2) is 42.5 Å². The van der Waals surface area contributed by atoms with E-state index in [0.29, 0.717) is 16.6 Å². The van der Waals surface area contributed by atoms with Gasteiger partial charge in [-0.1, -0.05) is 24.3 Å². The molecular weight excluding hydrogens is 376 g/mol. The number of hydrogen-bond donors (Lipinski definition) is 1. The Morgan fingerprint density at radius 1 is 1.25 bits per heavy atom. The summed E-state index contributed by atoms with van der Waals surface area (Å²) in [6, 6.07) is 13.2. The summed E-state index contributed by atoms with van der Waals surface area (Å²) in [5.74, 6) is 0.207. The number of nitrogens with one attached hydrogen (secondary N) is 1. The Balaban J connectivity index is 1.94. The number of carbonyl (C=O) groups excluding carboxylic acids is 1. The highest BCUT2D eigenvalue weighted by Crippen LogP contribution is 2.52. The van der Waals surface area contributed by atoms with Gasteiger partial charge in [-0.25, -0.2) is 0 Å². The molecule has 6 nitrogen and oxygen atoms in total. The van der Waals surface area contributed by atoms with Gasteiger partial charge in [-0.15, -0.1) is 0 Å². The minimum absolute atomic E-state index is 0.367. The molecule has 1 fully saturated rings. The van der Waals surface area contributed by atoms with E-state index in [9.17, 15) is 4.79 Å². The van der Waals surface area contributed by atoms with Crippen molar-refractivity contribution < 1.29 is 19.0 Å². The zero-order chi connectivity index (χ0) is 20.1. The Kier molecular flexibility index (Phi) is 4.42. The monoisotopic (exact) mass is 398 g/mol. The maximum absolute atomic E-state index is 12.9. The van der Waals surface area contributed by atoms with Crippen molar-refractivity contribution in [2.75, 3.05) is 19.1 Å². The molecule has 3 atom stereocenters. The average molecular weight is 398 g/mol. The number of hydrogen-bond acceptors (Lipinski definition) is 5. The number of anilines is 1. The van der Waals surface area contributed by atoms with Crippen LogP contribution in [-0.2, 0) is 9.53 Å². The van der Waals surface area contributed by atoms with Gasteiger partial charge in [0.25, 0.3) is 0 Å². The zero-order valence-corrected chi connectivity index (χ0v) is 17.0. The fourth-order valence-electron chi connectivity index (χ4n) is 4.17. The number of thiocarbonyl (C=S) groups is 1.